The molecule has 0 saturated carbocycles. The maximum Gasteiger partial charge on any atom is 0.119 e. The zero-order chi connectivity index (χ0) is 13.2. The fourth-order valence-corrected chi connectivity index (χ4v) is 1.73. The standard InChI is InChI=1S/C15H25NO2/c1-4-11-18-15-8-6-14(7-9-15)13(2)16-10-5-12-17-3/h6-9,13,16H,4-5,10-12H2,1-3H3/t13-/m1/s1. The topological polar surface area (TPSA) is 30.5 Å². The van der Waals surface area contributed by atoms with Gasteiger partial charge in [-0.1, -0.05) is 19.1 Å². The third-order valence-electron chi connectivity index (χ3n) is 2.83. The number of benzene rings is 1. The van der Waals surface area contributed by atoms with Crippen LogP contribution in [0.1, 0.15) is 38.3 Å². The van der Waals surface area contributed by atoms with Gasteiger partial charge in [0.15, 0.2) is 0 Å². The van der Waals surface area contributed by atoms with Crippen LogP contribution in [-0.2, 0) is 4.74 Å². The van der Waals surface area contributed by atoms with Crippen molar-refractivity contribution in [1.82, 2.24) is 5.32 Å². The predicted molar refractivity (Wildman–Crippen MR) is 75.1 cm³/mol. The molecule has 0 aromatic heterocycles. The van der Waals surface area contributed by atoms with Gasteiger partial charge in [-0.3, -0.25) is 0 Å². The van der Waals surface area contributed by atoms with E-state index in [0.717, 1.165) is 38.3 Å². The minimum Gasteiger partial charge on any atom is -0.494 e. The summed E-state index contributed by atoms with van der Waals surface area (Å²) in [5.74, 6) is 0.951. The van der Waals surface area contributed by atoms with Crippen molar-refractivity contribution in [1.29, 1.82) is 0 Å². The Labute approximate surface area is 110 Å². The SMILES string of the molecule is CCCOc1ccc([C@@H](C)NCCCOC)cc1. The van der Waals surface area contributed by atoms with Gasteiger partial charge in [0.2, 0.25) is 0 Å². The van der Waals surface area contributed by atoms with Crippen LogP contribution < -0.4 is 10.1 Å². The van der Waals surface area contributed by atoms with Gasteiger partial charge in [-0.2, -0.15) is 0 Å². The minimum absolute atomic E-state index is 0.363. The second-order valence-electron chi connectivity index (χ2n) is 4.44. The Morgan fingerprint density at radius 2 is 1.89 bits per heavy atom. The smallest absolute Gasteiger partial charge is 0.119 e. The van der Waals surface area contributed by atoms with Crippen LogP contribution in [0.5, 0.6) is 5.75 Å². The monoisotopic (exact) mass is 251 g/mol. The van der Waals surface area contributed by atoms with E-state index < -0.39 is 0 Å². The first-order chi connectivity index (χ1) is 8.77. The molecule has 0 radical (unpaired) electrons. The van der Waals surface area contributed by atoms with Crippen molar-refractivity contribution in [2.45, 2.75) is 32.7 Å². The van der Waals surface area contributed by atoms with E-state index in [4.69, 9.17) is 9.47 Å². The quantitative estimate of drug-likeness (QED) is 0.684. The van der Waals surface area contributed by atoms with E-state index in [1.807, 2.05) is 12.1 Å². The van der Waals surface area contributed by atoms with Gasteiger partial charge < -0.3 is 14.8 Å². The van der Waals surface area contributed by atoms with Gasteiger partial charge in [-0.15, -0.1) is 0 Å². The lowest BCUT2D eigenvalue weighted by atomic mass is 10.1. The van der Waals surface area contributed by atoms with E-state index in [1.165, 1.54) is 5.56 Å². The van der Waals surface area contributed by atoms with Gasteiger partial charge in [0.1, 0.15) is 5.75 Å². The van der Waals surface area contributed by atoms with E-state index in [2.05, 4.69) is 31.3 Å². The van der Waals surface area contributed by atoms with E-state index in [9.17, 15) is 0 Å². The molecule has 0 fully saturated rings. The highest BCUT2D eigenvalue weighted by Gasteiger charge is 2.04. The molecule has 102 valence electrons. The highest BCUT2D eigenvalue weighted by molar-refractivity contribution is 5.28. The molecule has 1 atom stereocenters. The number of ether oxygens (including phenoxy) is 2. The molecule has 0 saturated heterocycles. The van der Waals surface area contributed by atoms with Crippen LogP contribution in [0.25, 0.3) is 0 Å². The van der Waals surface area contributed by atoms with Gasteiger partial charge >= 0.3 is 0 Å². The van der Waals surface area contributed by atoms with Crippen molar-refractivity contribution < 1.29 is 9.47 Å². The Hall–Kier alpha value is -1.06. The van der Waals surface area contributed by atoms with Crippen LogP contribution in [0.3, 0.4) is 0 Å². The second kappa shape index (κ2) is 8.95. The molecule has 0 unspecified atom stereocenters. The van der Waals surface area contributed by atoms with Crippen molar-refractivity contribution in [3.05, 3.63) is 29.8 Å². The maximum absolute atomic E-state index is 5.57. The summed E-state index contributed by atoms with van der Waals surface area (Å²) in [6.45, 7) is 6.85. The molecule has 0 aliphatic carbocycles. The third kappa shape index (κ3) is 5.52. The number of nitrogens with one attached hydrogen (secondary N) is 1. The van der Waals surface area contributed by atoms with E-state index in [0.29, 0.717) is 6.04 Å². The molecule has 1 aromatic rings. The number of methoxy groups -OCH3 is 1. The van der Waals surface area contributed by atoms with Crippen LogP contribution in [0.15, 0.2) is 24.3 Å². The molecule has 18 heavy (non-hydrogen) atoms. The Morgan fingerprint density at radius 1 is 1.17 bits per heavy atom. The molecular formula is C15H25NO2. The average Bonchev–Trinajstić information content (AvgIpc) is 2.41. The van der Waals surface area contributed by atoms with E-state index >= 15 is 0 Å². The molecule has 1 aromatic carbocycles. The van der Waals surface area contributed by atoms with Gasteiger partial charge in [-0.05, 0) is 44.0 Å². The highest BCUT2D eigenvalue weighted by Crippen LogP contribution is 2.17. The first kappa shape index (κ1) is 15.0. The van der Waals surface area contributed by atoms with Gasteiger partial charge in [0.05, 0.1) is 6.61 Å². The number of rotatable bonds is 9. The lowest BCUT2D eigenvalue weighted by Gasteiger charge is -2.14. The fourth-order valence-electron chi connectivity index (χ4n) is 1.73. The lowest BCUT2D eigenvalue weighted by molar-refractivity contribution is 0.193. The molecular weight excluding hydrogens is 226 g/mol. The number of hydrogen-bond acceptors (Lipinski definition) is 3. The first-order valence-corrected chi connectivity index (χ1v) is 6.73. The molecule has 3 heteroatoms. The summed E-state index contributed by atoms with van der Waals surface area (Å²) in [6, 6.07) is 8.69. The van der Waals surface area contributed by atoms with E-state index in [1.54, 1.807) is 7.11 Å². The molecule has 0 bridgehead atoms. The zero-order valence-corrected chi connectivity index (χ0v) is 11.7. The van der Waals surface area contributed by atoms with E-state index in [-0.39, 0.29) is 0 Å². The Kier molecular flexibility index (Phi) is 7.46. The van der Waals surface area contributed by atoms with Crippen molar-refractivity contribution >= 4 is 0 Å². The maximum atomic E-state index is 5.57. The predicted octanol–water partition coefficient (Wildman–Crippen LogP) is 3.16. The number of hydrogen-bond donors (Lipinski definition) is 1. The van der Waals surface area contributed by atoms with Crippen molar-refractivity contribution in [2.75, 3.05) is 26.9 Å². The van der Waals surface area contributed by atoms with Gasteiger partial charge in [-0.25, -0.2) is 0 Å². The summed E-state index contributed by atoms with van der Waals surface area (Å²) in [6.07, 6.45) is 2.08. The molecule has 1 rings (SSSR count). The highest BCUT2D eigenvalue weighted by atomic mass is 16.5. The summed E-state index contributed by atoms with van der Waals surface area (Å²) in [4.78, 5) is 0. The molecule has 0 spiro atoms. The van der Waals surface area contributed by atoms with Gasteiger partial charge in [0, 0.05) is 19.8 Å². The molecule has 0 aliphatic rings. The Morgan fingerprint density at radius 3 is 2.50 bits per heavy atom. The molecule has 3 nitrogen and oxygen atoms in total. The molecule has 0 aliphatic heterocycles. The fraction of sp³-hybridized carbons (Fsp3) is 0.600. The summed E-state index contributed by atoms with van der Waals surface area (Å²) in [5, 5.41) is 3.48. The average molecular weight is 251 g/mol. The van der Waals surface area contributed by atoms with Crippen LogP contribution in [0.4, 0.5) is 0 Å². The van der Waals surface area contributed by atoms with Gasteiger partial charge in [0.25, 0.3) is 0 Å². The molecule has 0 amide bonds. The summed E-state index contributed by atoms with van der Waals surface area (Å²) >= 11 is 0. The van der Waals surface area contributed by atoms with Crippen LogP contribution in [0.2, 0.25) is 0 Å². The van der Waals surface area contributed by atoms with Crippen LogP contribution >= 0.6 is 0 Å². The first-order valence-electron chi connectivity index (χ1n) is 6.73. The minimum atomic E-state index is 0.363. The summed E-state index contributed by atoms with van der Waals surface area (Å²) < 4.78 is 10.6. The summed E-state index contributed by atoms with van der Waals surface area (Å²) in [5.41, 5.74) is 1.29. The molecule has 1 N–H and O–H groups in total. The van der Waals surface area contributed by atoms with Crippen molar-refractivity contribution in [2.24, 2.45) is 0 Å². The van der Waals surface area contributed by atoms with Crippen LogP contribution in [-0.4, -0.2) is 26.9 Å². The Balaban J connectivity index is 2.36. The Bertz CT molecular complexity index is 311. The largest absolute Gasteiger partial charge is 0.494 e. The summed E-state index contributed by atoms with van der Waals surface area (Å²) in [7, 11) is 1.73. The zero-order valence-electron chi connectivity index (χ0n) is 11.7. The van der Waals surface area contributed by atoms with Crippen molar-refractivity contribution in [3.8, 4) is 5.75 Å². The third-order valence-corrected chi connectivity index (χ3v) is 2.83. The lowest BCUT2D eigenvalue weighted by Crippen LogP contribution is -2.20. The van der Waals surface area contributed by atoms with Crippen LogP contribution in [0, 0.1) is 0 Å². The van der Waals surface area contributed by atoms with Crippen molar-refractivity contribution in [3.63, 3.8) is 0 Å². The molecule has 0 heterocycles. The second-order valence-corrected chi connectivity index (χ2v) is 4.44. The normalized spacial score (nSPS) is 12.4.